The molecule has 3 heterocycles. The highest BCUT2D eigenvalue weighted by Gasteiger charge is 2.38. The van der Waals surface area contributed by atoms with Crippen LogP contribution in [0.2, 0.25) is 0 Å². The number of H-pyrrole nitrogens is 1. The molecule has 0 radical (unpaired) electrons. The molecule has 1 aliphatic rings. The maximum atomic E-state index is 13.2. The van der Waals surface area contributed by atoms with E-state index in [1.807, 2.05) is 12.1 Å². The SMILES string of the molecule is O=C(CN1CCN(c2ccncc2)CC1)Oc1n[nH]c2cc(F)ccc12.O=C(O)C(F)(F)F. The molecule has 9 nitrogen and oxygen atoms in total. The lowest BCUT2D eigenvalue weighted by atomic mass is 10.2. The first kappa shape index (κ1) is 23.9. The molecule has 3 aromatic rings. The van der Waals surface area contributed by atoms with Gasteiger partial charge < -0.3 is 14.7 Å². The fourth-order valence-corrected chi connectivity index (χ4v) is 3.09. The zero-order chi connectivity index (χ0) is 24.0. The van der Waals surface area contributed by atoms with Crippen LogP contribution in [0.15, 0.2) is 42.7 Å². The van der Waals surface area contributed by atoms with Gasteiger partial charge in [-0.3, -0.25) is 19.8 Å². The summed E-state index contributed by atoms with van der Waals surface area (Å²) in [7, 11) is 0. The van der Waals surface area contributed by atoms with Crippen molar-refractivity contribution in [3.63, 3.8) is 0 Å². The largest absolute Gasteiger partial charge is 0.490 e. The Morgan fingerprint density at radius 3 is 2.33 bits per heavy atom. The second kappa shape index (κ2) is 10.3. The smallest absolute Gasteiger partial charge is 0.475 e. The molecule has 0 saturated carbocycles. The number of pyridine rings is 1. The summed E-state index contributed by atoms with van der Waals surface area (Å²) in [5, 5.41) is 14.3. The number of aliphatic carboxylic acids is 1. The van der Waals surface area contributed by atoms with Gasteiger partial charge >= 0.3 is 18.1 Å². The minimum Gasteiger partial charge on any atom is -0.475 e. The number of rotatable bonds is 4. The van der Waals surface area contributed by atoms with Crippen molar-refractivity contribution < 1.29 is 37.0 Å². The molecule has 13 heteroatoms. The number of piperazine rings is 1. The first-order valence-corrected chi connectivity index (χ1v) is 9.65. The number of halogens is 4. The van der Waals surface area contributed by atoms with Crippen molar-refractivity contribution in [1.82, 2.24) is 20.1 Å². The van der Waals surface area contributed by atoms with Crippen molar-refractivity contribution in [2.45, 2.75) is 6.18 Å². The van der Waals surface area contributed by atoms with E-state index in [9.17, 15) is 22.4 Å². The number of aromatic nitrogens is 3. The number of ether oxygens (including phenoxy) is 1. The van der Waals surface area contributed by atoms with Crippen LogP contribution in [-0.2, 0) is 9.59 Å². The highest BCUT2D eigenvalue weighted by atomic mass is 19.4. The van der Waals surface area contributed by atoms with Gasteiger partial charge in [0.2, 0.25) is 5.88 Å². The number of nitrogens with one attached hydrogen (secondary N) is 1. The number of fused-ring (bicyclic) bond motifs is 1. The number of alkyl halides is 3. The fraction of sp³-hybridized carbons (Fsp3) is 0.300. The van der Waals surface area contributed by atoms with Crippen LogP contribution in [0.5, 0.6) is 5.88 Å². The van der Waals surface area contributed by atoms with Crippen LogP contribution in [0, 0.1) is 5.82 Å². The molecule has 4 rings (SSSR count). The van der Waals surface area contributed by atoms with E-state index < -0.39 is 12.1 Å². The van der Waals surface area contributed by atoms with Crippen molar-refractivity contribution >= 4 is 28.5 Å². The van der Waals surface area contributed by atoms with Crippen LogP contribution in [0.4, 0.5) is 23.2 Å². The van der Waals surface area contributed by atoms with E-state index in [-0.39, 0.29) is 24.2 Å². The molecule has 0 bridgehead atoms. The molecule has 1 saturated heterocycles. The number of hydrogen-bond acceptors (Lipinski definition) is 7. The van der Waals surface area contributed by atoms with E-state index in [1.165, 1.54) is 12.1 Å². The normalized spacial score (nSPS) is 14.5. The molecular weight excluding hydrogens is 450 g/mol. The van der Waals surface area contributed by atoms with Gasteiger partial charge in [0.05, 0.1) is 17.4 Å². The van der Waals surface area contributed by atoms with Gasteiger partial charge in [-0.25, -0.2) is 9.18 Å². The Labute approximate surface area is 184 Å². The van der Waals surface area contributed by atoms with Crippen LogP contribution < -0.4 is 9.64 Å². The van der Waals surface area contributed by atoms with Gasteiger partial charge in [0, 0.05) is 44.3 Å². The summed E-state index contributed by atoms with van der Waals surface area (Å²) in [6.45, 7) is 3.40. The van der Waals surface area contributed by atoms with E-state index in [0.29, 0.717) is 10.9 Å². The zero-order valence-electron chi connectivity index (χ0n) is 17.0. The molecule has 0 aliphatic carbocycles. The van der Waals surface area contributed by atoms with E-state index in [2.05, 4.69) is 25.0 Å². The molecular formula is C20H19F4N5O4. The number of anilines is 1. The van der Waals surface area contributed by atoms with Gasteiger partial charge in [0.1, 0.15) is 5.82 Å². The molecule has 0 atom stereocenters. The van der Waals surface area contributed by atoms with Gasteiger partial charge in [-0.1, -0.05) is 0 Å². The van der Waals surface area contributed by atoms with Crippen molar-refractivity contribution in [3.8, 4) is 5.88 Å². The number of carboxylic acids is 1. The Balaban J connectivity index is 0.000000383. The van der Waals surface area contributed by atoms with Crippen molar-refractivity contribution in [3.05, 3.63) is 48.5 Å². The molecule has 176 valence electrons. The maximum absolute atomic E-state index is 13.2. The summed E-state index contributed by atoms with van der Waals surface area (Å²) in [5.74, 6) is -3.32. The van der Waals surface area contributed by atoms with E-state index in [4.69, 9.17) is 14.6 Å². The standard InChI is InChI=1S/C18H18FN5O2.C2HF3O2/c19-13-1-2-15-16(11-13)21-22-18(15)26-17(25)12-23-7-9-24(10-8-23)14-3-5-20-6-4-14;3-2(4,5)1(6)7/h1-6,11H,7-10,12H2,(H,21,22);(H,6,7). The lowest BCUT2D eigenvalue weighted by molar-refractivity contribution is -0.192. The lowest BCUT2D eigenvalue weighted by Gasteiger charge is -2.35. The highest BCUT2D eigenvalue weighted by Crippen LogP contribution is 2.23. The Bertz CT molecular complexity index is 1100. The van der Waals surface area contributed by atoms with E-state index >= 15 is 0 Å². The summed E-state index contributed by atoms with van der Waals surface area (Å²) in [6.07, 6.45) is -1.53. The van der Waals surface area contributed by atoms with E-state index in [1.54, 1.807) is 18.5 Å². The Kier molecular flexibility index (Phi) is 7.43. The minimum absolute atomic E-state index is 0.181. The minimum atomic E-state index is -5.08. The first-order chi connectivity index (χ1) is 15.6. The quantitative estimate of drug-likeness (QED) is 0.443. The van der Waals surface area contributed by atoms with Crippen LogP contribution in [0.3, 0.4) is 0 Å². The maximum Gasteiger partial charge on any atom is 0.490 e. The van der Waals surface area contributed by atoms with Crippen LogP contribution in [0.1, 0.15) is 0 Å². The number of hydrogen-bond donors (Lipinski definition) is 2. The molecule has 1 aliphatic heterocycles. The first-order valence-electron chi connectivity index (χ1n) is 9.65. The number of benzene rings is 1. The summed E-state index contributed by atoms with van der Waals surface area (Å²) < 4.78 is 50.3. The third kappa shape index (κ3) is 6.62. The number of carbonyl (C=O) groups excluding carboxylic acids is 1. The molecule has 33 heavy (non-hydrogen) atoms. The molecule has 0 amide bonds. The molecule has 1 aromatic carbocycles. The Morgan fingerprint density at radius 1 is 1.09 bits per heavy atom. The molecule has 1 fully saturated rings. The van der Waals surface area contributed by atoms with Gasteiger partial charge in [-0.2, -0.15) is 13.2 Å². The number of carbonyl (C=O) groups is 2. The lowest BCUT2D eigenvalue weighted by Crippen LogP contribution is -2.48. The second-order valence-corrected chi connectivity index (χ2v) is 6.96. The van der Waals surface area contributed by atoms with Crippen molar-refractivity contribution in [1.29, 1.82) is 0 Å². The van der Waals surface area contributed by atoms with Gasteiger partial charge in [-0.15, -0.1) is 5.10 Å². The topological polar surface area (TPSA) is 112 Å². The molecule has 0 spiro atoms. The average Bonchev–Trinajstić information content (AvgIpc) is 3.16. The van der Waals surface area contributed by atoms with Crippen LogP contribution >= 0.6 is 0 Å². The molecule has 0 unspecified atom stereocenters. The number of nitrogens with zero attached hydrogens (tertiary/aromatic N) is 4. The summed E-state index contributed by atoms with van der Waals surface area (Å²) in [5.41, 5.74) is 1.64. The summed E-state index contributed by atoms with van der Waals surface area (Å²) in [6, 6.07) is 8.14. The Morgan fingerprint density at radius 2 is 1.73 bits per heavy atom. The summed E-state index contributed by atoms with van der Waals surface area (Å²) in [4.78, 5) is 29.5. The zero-order valence-corrected chi connectivity index (χ0v) is 17.0. The summed E-state index contributed by atoms with van der Waals surface area (Å²) >= 11 is 0. The predicted octanol–water partition coefficient (Wildman–Crippen LogP) is 2.46. The van der Waals surface area contributed by atoms with Crippen molar-refractivity contribution in [2.75, 3.05) is 37.6 Å². The van der Waals surface area contributed by atoms with Gasteiger partial charge in [0.25, 0.3) is 0 Å². The average molecular weight is 469 g/mol. The monoisotopic (exact) mass is 469 g/mol. The molecule has 2 aromatic heterocycles. The third-order valence-electron chi connectivity index (χ3n) is 4.70. The number of aromatic amines is 1. The van der Waals surface area contributed by atoms with Gasteiger partial charge in [-0.05, 0) is 30.3 Å². The van der Waals surface area contributed by atoms with E-state index in [0.717, 1.165) is 31.9 Å². The fourth-order valence-electron chi connectivity index (χ4n) is 3.09. The van der Waals surface area contributed by atoms with Crippen LogP contribution in [-0.4, -0.2) is 76.0 Å². The third-order valence-corrected chi connectivity index (χ3v) is 4.70. The highest BCUT2D eigenvalue weighted by molar-refractivity contribution is 5.87. The van der Waals surface area contributed by atoms with Gasteiger partial charge in [0.15, 0.2) is 0 Å². The molecule has 2 N–H and O–H groups in total. The number of esters is 1. The Hall–Kier alpha value is -3.74. The second-order valence-electron chi connectivity index (χ2n) is 6.96. The predicted molar refractivity (Wildman–Crippen MR) is 108 cm³/mol. The van der Waals surface area contributed by atoms with Crippen molar-refractivity contribution in [2.24, 2.45) is 0 Å². The number of carboxylic acid groups (broad SMARTS) is 1. The van der Waals surface area contributed by atoms with Crippen LogP contribution in [0.25, 0.3) is 10.9 Å².